The quantitative estimate of drug-likeness (QED) is 0.857. The summed E-state index contributed by atoms with van der Waals surface area (Å²) in [6.45, 7) is 7.29. The van der Waals surface area contributed by atoms with Gasteiger partial charge in [0.25, 0.3) is 0 Å². The van der Waals surface area contributed by atoms with Gasteiger partial charge in [0.05, 0.1) is 19.9 Å². The zero-order chi connectivity index (χ0) is 14.6. The largest absolute Gasteiger partial charge is 0.496 e. The monoisotopic (exact) mass is 266 g/mol. The molecule has 1 N–H and O–H groups in total. The highest BCUT2D eigenvalue weighted by Gasteiger charge is 2.26. The second-order valence-corrected chi connectivity index (χ2v) is 5.35. The van der Waals surface area contributed by atoms with E-state index >= 15 is 0 Å². The van der Waals surface area contributed by atoms with E-state index in [1.807, 2.05) is 26.1 Å². The molecule has 0 aliphatic carbocycles. The van der Waals surface area contributed by atoms with Crippen LogP contribution in [0.3, 0.4) is 0 Å². The van der Waals surface area contributed by atoms with Crippen LogP contribution in [0.15, 0.2) is 12.1 Å². The van der Waals surface area contributed by atoms with Gasteiger partial charge in [0.15, 0.2) is 0 Å². The third-order valence-electron chi connectivity index (χ3n) is 3.64. The standard InChI is InChI=1S/C15H26N2O2/c1-11-13(18-6)9-8-12(14(11)19-7)17(5)15(2,3)10-16-4/h8-9,16H,10H2,1-7H3. The molecule has 0 aromatic heterocycles. The van der Waals surface area contributed by atoms with E-state index < -0.39 is 0 Å². The normalized spacial score (nSPS) is 11.3. The van der Waals surface area contributed by atoms with Crippen LogP contribution in [-0.2, 0) is 0 Å². The summed E-state index contributed by atoms with van der Waals surface area (Å²) in [6.07, 6.45) is 0. The first kappa shape index (κ1) is 15.6. The van der Waals surface area contributed by atoms with Gasteiger partial charge in [-0.25, -0.2) is 0 Å². The molecule has 0 unspecified atom stereocenters. The van der Waals surface area contributed by atoms with E-state index in [1.54, 1.807) is 14.2 Å². The van der Waals surface area contributed by atoms with Crippen LogP contribution in [-0.4, -0.2) is 40.4 Å². The van der Waals surface area contributed by atoms with Gasteiger partial charge in [0, 0.05) is 24.7 Å². The Morgan fingerprint density at radius 1 is 1.21 bits per heavy atom. The lowest BCUT2D eigenvalue weighted by molar-refractivity contribution is 0.384. The van der Waals surface area contributed by atoms with Crippen LogP contribution in [0.5, 0.6) is 11.5 Å². The smallest absolute Gasteiger partial charge is 0.148 e. The summed E-state index contributed by atoms with van der Waals surface area (Å²) in [5, 5.41) is 3.23. The van der Waals surface area contributed by atoms with E-state index in [4.69, 9.17) is 9.47 Å². The molecule has 0 saturated carbocycles. The molecule has 0 fully saturated rings. The maximum absolute atomic E-state index is 5.57. The molecular weight excluding hydrogens is 240 g/mol. The average Bonchev–Trinajstić information content (AvgIpc) is 2.37. The summed E-state index contributed by atoms with van der Waals surface area (Å²) in [5.41, 5.74) is 2.08. The molecule has 19 heavy (non-hydrogen) atoms. The number of likely N-dealkylation sites (N-methyl/N-ethyl adjacent to an activating group) is 2. The number of hydrogen-bond acceptors (Lipinski definition) is 4. The molecule has 0 spiro atoms. The molecule has 1 aromatic rings. The molecule has 0 aliphatic rings. The molecule has 4 heteroatoms. The van der Waals surface area contributed by atoms with Gasteiger partial charge in [-0.15, -0.1) is 0 Å². The fraction of sp³-hybridized carbons (Fsp3) is 0.600. The van der Waals surface area contributed by atoms with Gasteiger partial charge >= 0.3 is 0 Å². The maximum Gasteiger partial charge on any atom is 0.148 e. The van der Waals surface area contributed by atoms with Crippen LogP contribution in [0.1, 0.15) is 19.4 Å². The predicted molar refractivity (Wildman–Crippen MR) is 80.7 cm³/mol. The molecule has 0 heterocycles. The fourth-order valence-corrected chi connectivity index (χ4v) is 2.28. The zero-order valence-electron chi connectivity index (χ0n) is 13.1. The van der Waals surface area contributed by atoms with Gasteiger partial charge in [0.2, 0.25) is 0 Å². The third kappa shape index (κ3) is 3.13. The van der Waals surface area contributed by atoms with E-state index in [1.165, 1.54) is 0 Å². The first-order valence-corrected chi connectivity index (χ1v) is 6.49. The van der Waals surface area contributed by atoms with Crippen molar-refractivity contribution in [1.29, 1.82) is 0 Å². The van der Waals surface area contributed by atoms with Crippen LogP contribution in [0.2, 0.25) is 0 Å². The van der Waals surface area contributed by atoms with Crippen LogP contribution in [0, 0.1) is 6.92 Å². The summed E-state index contributed by atoms with van der Waals surface area (Å²) in [7, 11) is 7.42. The number of methoxy groups -OCH3 is 2. The van der Waals surface area contributed by atoms with Gasteiger partial charge in [-0.3, -0.25) is 0 Å². The Labute approximate surface area is 116 Å². The molecule has 0 atom stereocenters. The molecule has 108 valence electrons. The van der Waals surface area contributed by atoms with Crippen molar-refractivity contribution in [3.63, 3.8) is 0 Å². The van der Waals surface area contributed by atoms with E-state index in [9.17, 15) is 0 Å². The van der Waals surface area contributed by atoms with Gasteiger partial charge < -0.3 is 19.7 Å². The summed E-state index contributed by atoms with van der Waals surface area (Å²) >= 11 is 0. The van der Waals surface area contributed by atoms with Gasteiger partial charge in [-0.05, 0) is 40.0 Å². The van der Waals surface area contributed by atoms with Crippen LogP contribution in [0.25, 0.3) is 0 Å². The highest BCUT2D eigenvalue weighted by Crippen LogP contribution is 2.38. The van der Waals surface area contributed by atoms with Crippen molar-refractivity contribution in [2.24, 2.45) is 0 Å². The number of ether oxygens (including phenoxy) is 2. The first-order valence-electron chi connectivity index (χ1n) is 6.49. The number of benzene rings is 1. The maximum atomic E-state index is 5.57. The van der Waals surface area contributed by atoms with E-state index in [-0.39, 0.29) is 5.54 Å². The number of rotatable bonds is 6. The van der Waals surface area contributed by atoms with Gasteiger partial charge in [0.1, 0.15) is 11.5 Å². The molecule has 0 bridgehead atoms. The van der Waals surface area contributed by atoms with Gasteiger partial charge in [-0.2, -0.15) is 0 Å². The van der Waals surface area contributed by atoms with Crippen LogP contribution in [0.4, 0.5) is 5.69 Å². The van der Waals surface area contributed by atoms with Crippen LogP contribution < -0.4 is 19.7 Å². The molecule has 1 aromatic carbocycles. The molecular formula is C15H26N2O2. The van der Waals surface area contributed by atoms with Crippen molar-refractivity contribution < 1.29 is 9.47 Å². The van der Waals surface area contributed by atoms with E-state index in [0.29, 0.717) is 0 Å². The summed E-state index contributed by atoms with van der Waals surface area (Å²) < 4.78 is 10.9. The van der Waals surface area contributed by atoms with Crippen molar-refractivity contribution in [3.8, 4) is 11.5 Å². The molecule has 0 radical (unpaired) electrons. The Morgan fingerprint density at radius 3 is 2.32 bits per heavy atom. The zero-order valence-corrected chi connectivity index (χ0v) is 13.1. The molecule has 0 amide bonds. The van der Waals surface area contributed by atoms with Crippen molar-refractivity contribution in [2.45, 2.75) is 26.3 Å². The van der Waals surface area contributed by atoms with Crippen molar-refractivity contribution >= 4 is 5.69 Å². The van der Waals surface area contributed by atoms with E-state index in [0.717, 1.165) is 29.3 Å². The van der Waals surface area contributed by atoms with E-state index in [2.05, 4.69) is 31.1 Å². The van der Waals surface area contributed by atoms with Crippen LogP contribution >= 0.6 is 0 Å². The third-order valence-corrected chi connectivity index (χ3v) is 3.64. The minimum absolute atomic E-state index is 0.0109. The predicted octanol–water partition coefficient (Wildman–Crippen LogP) is 2.45. The van der Waals surface area contributed by atoms with Crippen molar-refractivity contribution in [1.82, 2.24) is 5.32 Å². The second-order valence-electron chi connectivity index (χ2n) is 5.35. The second kappa shape index (κ2) is 6.15. The Balaban J connectivity index is 3.23. The number of anilines is 1. The molecule has 0 aliphatic heterocycles. The minimum Gasteiger partial charge on any atom is -0.496 e. The molecule has 4 nitrogen and oxygen atoms in total. The lowest BCUT2D eigenvalue weighted by Gasteiger charge is -2.38. The SMILES string of the molecule is CNCC(C)(C)N(C)c1ccc(OC)c(C)c1OC. The Kier molecular flexibility index (Phi) is 5.06. The van der Waals surface area contributed by atoms with Crippen molar-refractivity contribution in [2.75, 3.05) is 39.8 Å². The number of nitrogens with zero attached hydrogens (tertiary/aromatic N) is 1. The number of nitrogens with one attached hydrogen (secondary N) is 1. The van der Waals surface area contributed by atoms with Crippen molar-refractivity contribution in [3.05, 3.63) is 17.7 Å². The minimum atomic E-state index is -0.0109. The Bertz CT molecular complexity index is 430. The highest BCUT2D eigenvalue weighted by atomic mass is 16.5. The number of hydrogen-bond donors (Lipinski definition) is 1. The Morgan fingerprint density at radius 2 is 1.84 bits per heavy atom. The van der Waals surface area contributed by atoms with Gasteiger partial charge in [-0.1, -0.05) is 0 Å². The summed E-state index contributed by atoms with van der Waals surface area (Å²) in [5.74, 6) is 1.71. The molecule has 1 rings (SSSR count). The molecule has 0 saturated heterocycles. The lowest BCUT2D eigenvalue weighted by atomic mass is 10.0. The highest BCUT2D eigenvalue weighted by molar-refractivity contribution is 5.66. The topological polar surface area (TPSA) is 33.7 Å². The Hall–Kier alpha value is -1.42. The average molecular weight is 266 g/mol. The summed E-state index contributed by atoms with van der Waals surface area (Å²) in [4.78, 5) is 2.23. The first-order chi connectivity index (χ1) is 8.88. The lowest BCUT2D eigenvalue weighted by Crippen LogP contribution is -2.48. The summed E-state index contributed by atoms with van der Waals surface area (Å²) in [6, 6.07) is 4.03. The fourth-order valence-electron chi connectivity index (χ4n) is 2.28.